The lowest BCUT2D eigenvalue weighted by atomic mass is 9.94. The molecule has 1 aliphatic carbocycles. The second kappa shape index (κ2) is 13.3. The van der Waals surface area contributed by atoms with Crippen molar-refractivity contribution in [1.29, 1.82) is 0 Å². The van der Waals surface area contributed by atoms with Crippen LogP contribution in [0.5, 0.6) is 0 Å². The quantitative estimate of drug-likeness (QED) is 0.266. The number of amides is 2. The van der Waals surface area contributed by atoms with Crippen molar-refractivity contribution in [2.75, 3.05) is 25.0 Å². The van der Waals surface area contributed by atoms with E-state index in [0.717, 1.165) is 40.7 Å². The number of carbonyl (C=O) groups is 2. The molecular formula is C34H40N3O2S+. The first-order chi connectivity index (χ1) is 19.5. The van der Waals surface area contributed by atoms with E-state index in [1.165, 1.54) is 49.4 Å². The van der Waals surface area contributed by atoms with Crippen molar-refractivity contribution in [3.05, 3.63) is 100.0 Å². The van der Waals surface area contributed by atoms with E-state index in [0.29, 0.717) is 23.6 Å². The summed E-state index contributed by atoms with van der Waals surface area (Å²) in [6.07, 6.45) is 9.68. The van der Waals surface area contributed by atoms with E-state index in [1.54, 1.807) is 4.90 Å². The van der Waals surface area contributed by atoms with Crippen LogP contribution < -0.4 is 15.1 Å². The molecule has 1 heterocycles. The third kappa shape index (κ3) is 6.86. The number of hydrogen-bond donors (Lipinski definition) is 2. The average molecular weight is 555 g/mol. The predicted octanol–water partition coefficient (Wildman–Crippen LogP) is 5.64. The fourth-order valence-corrected chi connectivity index (χ4v) is 6.79. The molecule has 3 aromatic carbocycles. The lowest BCUT2D eigenvalue weighted by Crippen LogP contribution is -3.13. The first kappa shape index (κ1) is 28.2. The minimum atomic E-state index is -0.0454. The van der Waals surface area contributed by atoms with Crippen LogP contribution in [0.2, 0.25) is 0 Å². The van der Waals surface area contributed by atoms with Crippen LogP contribution in [0.1, 0.15) is 65.6 Å². The van der Waals surface area contributed by atoms with Crippen molar-refractivity contribution in [3.63, 3.8) is 0 Å². The number of para-hydroxylation sites is 1. The molecule has 2 amide bonds. The van der Waals surface area contributed by atoms with E-state index < -0.39 is 0 Å². The summed E-state index contributed by atoms with van der Waals surface area (Å²) in [5.74, 6) is -0.0509. The predicted molar refractivity (Wildman–Crippen MR) is 165 cm³/mol. The molecule has 1 fully saturated rings. The Kier molecular flexibility index (Phi) is 9.40. The van der Waals surface area contributed by atoms with Crippen LogP contribution in [0.15, 0.2) is 82.6 Å². The number of hydrogen-bond acceptors (Lipinski definition) is 3. The van der Waals surface area contributed by atoms with Gasteiger partial charge in [-0.05, 0) is 79.6 Å². The third-order valence-electron chi connectivity index (χ3n) is 8.23. The van der Waals surface area contributed by atoms with Gasteiger partial charge in [-0.3, -0.25) is 9.59 Å². The van der Waals surface area contributed by atoms with Gasteiger partial charge in [-0.25, -0.2) is 0 Å². The summed E-state index contributed by atoms with van der Waals surface area (Å²) in [5, 5.41) is 3.08. The number of benzene rings is 3. The van der Waals surface area contributed by atoms with Gasteiger partial charge in [-0.15, -0.1) is 0 Å². The maximum atomic E-state index is 13.6. The molecule has 2 aliphatic rings. The zero-order valence-corrected chi connectivity index (χ0v) is 24.4. The Balaban J connectivity index is 1.21. The van der Waals surface area contributed by atoms with Crippen molar-refractivity contribution in [1.82, 2.24) is 5.32 Å². The molecule has 0 radical (unpaired) electrons. The summed E-state index contributed by atoms with van der Waals surface area (Å²) in [6, 6.07) is 24.6. The lowest BCUT2D eigenvalue weighted by Gasteiger charge is -2.31. The second-order valence-electron chi connectivity index (χ2n) is 11.1. The number of nitrogens with zero attached hydrogens (tertiary/aromatic N) is 1. The summed E-state index contributed by atoms with van der Waals surface area (Å²) >= 11 is 1.50. The van der Waals surface area contributed by atoms with Crippen LogP contribution in [0.4, 0.5) is 5.69 Å². The van der Waals surface area contributed by atoms with E-state index in [1.807, 2.05) is 65.6 Å². The number of thioether (sulfide) groups is 1. The van der Waals surface area contributed by atoms with Gasteiger partial charge in [-0.2, -0.15) is 0 Å². The molecule has 5 rings (SSSR count). The minimum Gasteiger partial charge on any atom is -0.352 e. The van der Waals surface area contributed by atoms with Gasteiger partial charge in [0.25, 0.3) is 11.8 Å². The highest BCUT2D eigenvalue weighted by atomic mass is 32.2. The second-order valence-corrected chi connectivity index (χ2v) is 12.1. The molecule has 1 unspecified atom stereocenters. The molecule has 5 nitrogen and oxygen atoms in total. The highest BCUT2D eigenvalue weighted by Gasteiger charge is 2.29. The van der Waals surface area contributed by atoms with Crippen molar-refractivity contribution < 1.29 is 14.5 Å². The normalized spacial score (nSPS) is 17.5. The number of aryl methyl sites for hydroxylation is 1. The molecule has 40 heavy (non-hydrogen) atoms. The molecule has 0 saturated heterocycles. The van der Waals surface area contributed by atoms with Gasteiger partial charge in [-0.1, -0.05) is 66.7 Å². The Morgan fingerprint density at radius 1 is 1.00 bits per heavy atom. The fourth-order valence-electron chi connectivity index (χ4n) is 5.73. The SMILES string of the molecule is Cc1ccccc1CN1C(=O)C(=Cc2ccc(C(=O)NCCC[NH+](C)C3CCCCC3)cc2)Sc2ccccc21. The molecule has 0 bridgehead atoms. The summed E-state index contributed by atoms with van der Waals surface area (Å²) in [4.78, 5) is 31.6. The Labute approximate surface area is 242 Å². The summed E-state index contributed by atoms with van der Waals surface area (Å²) in [6.45, 7) is 4.39. The molecule has 1 atom stereocenters. The zero-order valence-electron chi connectivity index (χ0n) is 23.6. The van der Waals surface area contributed by atoms with Crippen molar-refractivity contribution >= 4 is 35.3 Å². The number of nitrogens with one attached hydrogen (secondary N) is 2. The first-order valence-electron chi connectivity index (χ1n) is 14.5. The molecule has 1 aliphatic heterocycles. The van der Waals surface area contributed by atoms with E-state index in [-0.39, 0.29) is 11.8 Å². The zero-order chi connectivity index (χ0) is 27.9. The summed E-state index contributed by atoms with van der Waals surface area (Å²) in [5.41, 5.74) is 4.79. The van der Waals surface area contributed by atoms with Crippen LogP contribution in [0.25, 0.3) is 6.08 Å². The van der Waals surface area contributed by atoms with Crippen LogP contribution in [-0.4, -0.2) is 38.0 Å². The van der Waals surface area contributed by atoms with E-state index in [4.69, 9.17) is 0 Å². The molecule has 3 aromatic rings. The van der Waals surface area contributed by atoms with Gasteiger partial charge >= 0.3 is 0 Å². The monoisotopic (exact) mass is 554 g/mol. The largest absolute Gasteiger partial charge is 0.352 e. The standard InChI is InChI=1S/C34H39N3O2S/c1-25-11-6-7-12-28(25)24-37-30-15-8-9-16-31(30)40-32(34(37)39)23-26-17-19-27(20-18-26)33(38)35-21-10-22-36(2)29-13-4-3-5-14-29/h6-9,11-12,15-20,23,29H,3-5,10,13-14,21-22,24H2,1-2H3,(H,35,38)/p+1. The van der Waals surface area contributed by atoms with Gasteiger partial charge in [0.15, 0.2) is 0 Å². The Bertz CT molecular complexity index is 1360. The van der Waals surface area contributed by atoms with E-state index in [2.05, 4.69) is 37.5 Å². The smallest absolute Gasteiger partial charge is 0.265 e. The van der Waals surface area contributed by atoms with Gasteiger partial charge in [0, 0.05) is 23.4 Å². The van der Waals surface area contributed by atoms with Crippen molar-refractivity contribution in [2.45, 2.75) is 62.9 Å². The molecule has 1 saturated carbocycles. The molecule has 208 valence electrons. The van der Waals surface area contributed by atoms with Crippen molar-refractivity contribution in [3.8, 4) is 0 Å². The number of carbonyl (C=O) groups excluding carboxylic acids is 2. The van der Waals surface area contributed by atoms with Crippen LogP contribution in [0, 0.1) is 6.92 Å². The molecule has 0 aromatic heterocycles. The number of fused-ring (bicyclic) bond motifs is 1. The van der Waals surface area contributed by atoms with Crippen LogP contribution >= 0.6 is 11.8 Å². The van der Waals surface area contributed by atoms with Gasteiger partial charge in [0.2, 0.25) is 0 Å². The highest BCUT2D eigenvalue weighted by molar-refractivity contribution is 8.04. The minimum absolute atomic E-state index is 0.00547. The molecule has 2 N–H and O–H groups in total. The van der Waals surface area contributed by atoms with Gasteiger partial charge < -0.3 is 15.1 Å². The van der Waals surface area contributed by atoms with Crippen molar-refractivity contribution in [2.24, 2.45) is 0 Å². The van der Waals surface area contributed by atoms with Gasteiger partial charge in [0.1, 0.15) is 0 Å². The van der Waals surface area contributed by atoms with Crippen LogP contribution in [0.3, 0.4) is 0 Å². The van der Waals surface area contributed by atoms with Gasteiger partial charge in [0.05, 0.1) is 36.8 Å². The summed E-state index contributed by atoms with van der Waals surface area (Å²) < 4.78 is 0. The maximum absolute atomic E-state index is 13.6. The molecule has 0 spiro atoms. The van der Waals surface area contributed by atoms with Crippen LogP contribution in [-0.2, 0) is 11.3 Å². The van der Waals surface area contributed by atoms with E-state index in [9.17, 15) is 9.59 Å². The number of quaternary nitrogens is 1. The fraction of sp³-hybridized carbons (Fsp3) is 0.353. The number of rotatable bonds is 9. The Morgan fingerprint density at radius 2 is 1.73 bits per heavy atom. The first-order valence-corrected chi connectivity index (χ1v) is 15.4. The highest BCUT2D eigenvalue weighted by Crippen LogP contribution is 2.42. The molecular weight excluding hydrogens is 514 g/mol. The third-order valence-corrected chi connectivity index (χ3v) is 9.31. The Morgan fingerprint density at radius 3 is 2.50 bits per heavy atom. The number of anilines is 1. The Hall–Kier alpha value is -3.35. The topological polar surface area (TPSA) is 53.9 Å². The lowest BCUT2D eigenvalue weighted by molar-refractivity contribution is -0.907. The maximum Gasteiger partial charge on any atom is 0.265 e. The van der Waals surface area contributed by atoms with E-state index >= 15 is 0 Å². The average Bonchev–Trinajstić information content (AvgIpc) is 2.99. The molecule has 6 heteroatoms. The summed E-state index contributed by atoms with van der Waals surface area (Å²) in [7, 11) is 2.29.